The fraction of sp³-hybridized carbons (Fsp3) is 0.250. The van der Waals surface area contributed by atoms with E-state index in [-0.39, 0.29) is 6.04 Å². The summed E-state index contributed by atoms with van der Waals surface area (Å²) in [4.78, 5) is 12.5. The predicted molar refractivity (Wildman–Crippen MR) is 67.4 cm³/mol. The average Bonchev–Trinajstić information content (AvgIpc) is 2.40. The largest absolute Gasteiger partial charge is 0.351 e. The van der Waals surface area contributed by atoms with Crippen molar-refractivity contribution in [3.05, 3.63) is 36.9 Å². The summed E-state index contributed by atoms with van der Waals surface area (Å²) in [5.41, 5.74) is 7.54. The lowest BCUT2D eigenvalue weighted by Crippen LogP contribution is -2.26. The van der Waals surface area contributed by atoms with Crippen LogP contribution in [0.1, 0.15) is 6.92 Å². The van der Waals surface area contributed by atoms with E-state index < -0.39 is 0 Å². The van der Waals surface area contributed by atoms with Crippen molar-refractivity contribution in [3.8, 4) is 11.1 Å². The summed E-state index contributed by atoms with van der Waals surface area (Å²) >= 11 is 0. The molecular weight excluding hydrogens is 214 g/mol. The van der Waals surface area contributed by atoms with Crippen LogP contribution in [-0.4, -0.2) is 27.5 Å². The maximum absolute atomic E-state index is 5.52. The molecule has 1 atom stereocenters. The van der Waals surface area contributed by atoms with Gasteiger partial charge in [-0.05, 0) is 24.6 Å². The molecule has 0 aliphatic rings. The molecule has 2 aromatic rings. The molecule has 0 spiro atoms. The molecule has 0 fully saturated rings. The van der Waals surface area contributed by atoms with Gasteiger partial charge in [-0.1, -0.05) is 0 Å². The number of anilines is 1. The van der Waals surface area contributed by atoms with Crippen LogP contribution in [0.4, 0.5) is 5.95 Å². The minimum absolute atomic E-state index is 0.168. The van der Waals surface area contributed by atoms with Crippen LogP contribution in [0.5, 0.6) is 0 Å². The first kappa shape index (κ1) is 11.5. The van der Waals surface area contributed by atoms with E-state index in [0.29, 0.717) is 12.5 Å². The number of nitrogens with zero attached hydrogens (tertiary/aromatic N) is 3. The molecular formula is C12H15N5. The molecule has 0 amide bonds. The van der Waals surface area contributed by atoms with E-state index in [4.69, 9.17) is 5.73 Å². The molecule has 1 unspecified atom stereocenters. The van der Waals surface area contributed by atoms with Gasteiger partial charge in [-0.3, -0.25) is 4.98 Å². The van der Waals surface area contributed by atoms with Crippen LogP contribution >= 0.6 is 0 Å². The Labute approximate surface area is 100 Å². The van der Waals surface area contributed by atoms with Crippen LogP contribution in [-0.2, 0) is 0 Å². The predicted octanol–water partition coefficient (Wildman–Crippen LogP) is 1.30. The third-order valence-electron chi connectivity index (χ3n) is 2.39. The first-order valence-electron chi connectivity index (χ1n) is 5.48. The minimum atomic E-state index is 0.168. The van der Waals surface area contributed by atoms with Gasteiger partial charge in [-0.25, -0.2) is 9.97 Å². The van der Waals surface area contributed by atoms with Crippen LogP contribution in [0, 0.1) is 0 Å². The van der Waals surface area contributed by atoms with Crippen LogP contribution < -0.4 is 11.1 Å². The highest BCUT2D eigenvalue weighted by molar-refractivity contribution is 5.61. The van der Waals surface area contributed by atoms with Crippen LogP contribution in [0.3, 0.4) is 0 Å². The number of nitrogens with two attached hydrogens (primary N) is 1. The SMILES string of the molecule is CC(CN)Nc1ncc(-c2ccncc2)cn1. The quantitative estimate of drug-likeness (QED) is 0.826. The second kappa shape index (κ2) is 5.36. The summed E-state index contributed by atoms with van der Waals surface area (Å²) in [5, 5.41) is 3.11. The number of nitrogens with one attached hydrogen (secondary N) is 1. The van der Waals surface area contributed by atoms with E-state index in [1.165, 1.54) is 0 Å². The van der Waals surface area contributed by atoms with Crippen molar-refractivity contribution in [2.24, 2.45) is 5.73 Å². The van der Waals surface area contributed by atoms with E-state index >= 15 is 0 Å². The molecule has 0 saturated carbocycles. The zero-order valence-corrected chi connectivity index (χ0v) is 9.67. The molecule has 3 N–H and O–H groups in total. The molecule has 5 heteroatoms. The number of aromatic nitrogens is 3. The van der Waals surface area contributed by atoms with Crippen molar-refractivity contribution in [2.75, 3.05) is 11.9 Å². The summed E-state index contributed by atoms with van der Waals surface area (Å²) in [7, 11) is 0. The van der Waals surface area contributed by atoms with Gasteiger partial charge in [-0.2, -0.15) is 0 Å². The number of hydrogen-bond acceptors (Lipinski definition) is 5. The third kappa shape index (κ3) is 2.98. The Morgan fingerprint density at radius 3 is 2.41 bits per heavy atom. The standard InChI is InChI=1S/C12H15N5/c1-9(6-13)17-12-15-7-11(8-16-12)10-2-4-14-5-3-10/h2-5,7-9H,6,13H2,1H3,(H,15,16,17). The highest BCUT2D eigenvalue weighted by atomic mass is 15.1. The molecule has 0 bridgehead atoms. The summed E-state index contributed by atoms with van der Waals surface area (Å²) in [6.45, 7) is 2.54. The van der Waals surface area contributed by atoms with Gasteiger partial charge in [-0.15, -0.1) is 0 Å². The van der Waals surface area contributed by atoms with E-state index in [0.717, 1.165) is 11.1 Å². The first-order chi connectivity index (χ1) is 8.29. The molecule has 0 aliphatic heterocycles. The molecule has 17 heavy (non-hydrogen) atoms. The summed E-state index contributed by atoms with van der Waals surface area (Å²) in [6.07, 6.45) is 7.07. The molecule has 2 heterocycles. The van der Waals surface area contributed by atoms with Crippen LogP contribution in [0.2, 0.25) is 0 Å². The van der Waals surface area contributed by atoms with E-state index in [9.17, 15) is 0 Å². The van der Waals surface area contributed by atoms with Gasteiger partial charge in [0, 0.05) is 42.9 Å². The van der Waals surface area contributed by atoms with Gasteiger partial charge < -0.3 is 11.1 Å². The van der Waals surface area contributed by atoms with Gasteiger partial charge in [0.15, 0.2) is 0 Å². The Morgan fingerprint density at radius 1 is 1.18 bits per heavy atom. The van der Waals surface area contributed by atoms with Crippen molar-refractivity contribution >= 4 is 5.95 Å². The van der Waals surface area contributed by atoms with Gasteiger partial charge in [0.2, 0.25) is 5.95 Å². The third-order valence-corrected chi connectivity index (χ3v) is 2.39. The zero-order valence-electron chi connectivity index (χ0n) is 9.67. The molecule has 2 aromatic heterocycles. The summed E-state index contributed by atoms with van der Waals surface area (Å²) in [5.74, 6) is 0.598. The fourth-order valence-electron chi connectivity index (χ4n) is 1.38. The van der Waals surface area contributed by atoms with Gasteiger partial charge >= 0.3 is 0 Å². The Morgan fingerprint density at radius 2 is 1.82 bits per heavy atom. The maximum Gasteiger partial charge on any atom is 0.222 e. The topological polar surface area (TPSA) is 76.7 Å². The van der Waals surface area contributed by atoms with Crippen LogP contribution in [0.15, 0.2) is 36.9 Å². The zero-order chi connectivity index (χ0) is 12.1. The molecule has 88 valence electrons. The molecule has 0 aromatic carbocycles. The van der Waals surface area contributed by atoms with Crippen molar-refractivity contribution in [2.45, 2.75) is 13.0 Å². The summed E-state index contributed by atoms with van der Waals surface area (Å²) < 4.78 is 0. The second-order valence-electron chi connectivity index (χ2n) is 3.81. The monoisotopic (exact) mass is 229 g/mol. The Bertz CT molecular complexity index is 454. The highest BCUT2D eigenvalue weighted by Gasteiger charge is 2.02. The average molecular weight is 229 g/mol. The lowest BCUT2D eigenvalue weighted by atomic mass is 10.1. The van der Waals surface area contributed by atoms with Gasteiger partial charge in [0.25, 0.3) is 0 Å². The number of pyridine rings is 1. The molecule has 0 saturated heterocycles. The van der Waals surface area contributed by atoms with Crippen molar-refractivity contribution in [1.82, 2.24) is 15.0 Å². The minimum Gasteiger partial charge on any atom is -0.351 e. The fourth-order valence-corrected chi connectivity index (χ4v) is 1.38. The second-order valence-corrected chi connectivity index (χ2v) is 3.81. The number of rotatable bonds is 4. The Kier molecular flexibility index (Phi) is 3.62. The van der Waals surface area contributed by atoms with Gasteiger partial charge in [0.05, 0.1) is 0 Å². The van der Waals surface area contributed by atoms with E-state index in [1.54, 1.807) is 24.8 Å². The van der Waals surface area contributed by atoms with Gasteiger partial charge in [0.1, 0.15) is 0 Å². The Hall–Kier alpha value is -2.01. The Balaban J connectivity index is 2.13. The lowest BCUT2D eigenvalue weighted by Gasteiger charge is -2.10. The highest BCUT2D eigenvalue weighted by Crippen LogP contribution is 2.16. The van der Waals surface area contributed by atoms with Crippen LogP contribution in [0.25, 0.3) is 11.1 Å². The first-order valence-corrected chi connectivity index (χ1v) is 5.48. The van der Waals surface area contributed by atoms with Crippen molar-refractivity contribution in [1.29, 1.82) is 0 Å². The molecule has 5 nitrogen and oxygen atoms in total. The number of hydrogen-bond donors (Lipinski definition) is 2. The smallest absolute Gasteiger partial charge is 0.222 e. The lowest BCUT2D eigenvalue weighted by molar-refractivity contribution is 0.790. The molecule has 0 radical (unpaired) electrons. The maximum atomic E-state index is 5.52. The molecule has 2 rings (SSSR count). The van der Waals surface area contributed by atoms with E-state index in [1.807, 2.05) is 19.1 Å². The van der Waals surface area contributed by atoms with Crippen molar-refractivity contribution in [3.63, 3.8) is 0 Å². The van der Waals surface area contributed by atoms with Crippen molar-refractivity contribution < 1.29 is 0 Å². The summed E-state index contributed by atoms with van der Waals surface area (Å²) in [6, 6.07) is 4.02. The molecule has 0 aliphatic carbocycles. The van der Waals surface area contributed by atoms with E-state index in [2.05, 4.69) is 20.3 Å². The normalized spacial score (nSPS) is 12.1.